The molecular formula is C12H18F2O. The molecule has 1 rings (SSSR count). The lowest BCUT2D eigenvalue weighted by Crippen LogP contribution is -1.97. The van der Waals surface area contributed by atoms with E-state index in [2.05, 4.69) is 4.74 Å². The standard InChI is InChI=1S/C10H12F2O.C2H6/c1-6(2)7-4-9(12)10(13-3)5-8(7)11;1-2/h4-6H,1-3H3;1-2H3. The molecule has 1 nitrogen and oxygen atoms in total. The maximum Gasteiger partial charge on any atom is 0.165 e. The number of rotatable bonds is 2. The average molecular weight is 216 g/mol. The van der Waals surface area contributed by atoms with Crippen LogP contribution < -0.4 is 4.74 Å². The minimum Gasteiger partial charge on any atom is -0.494 e. The van der Waals surface area contributed by atoms with Crippen molar-refractivity contribution in [2.75, 3.05) is 7.11 Å². The topological polar surface area (TPSA) is 9.23 Å². The molecule has 1 aromatic rings. The third-order valence-corrected chi connectivity index (χ3v) is 1.89. The highest BCUT2D eigenvalue weighted by molar-refractivity contribution is 5.32. The van der Waals surface area contributed by atoms with E-state index in [-0.39, 0.29) is 11.7 Å². The summed E-state index contributed by atoms with van der Waals surface area (Å²) in [6, 6.07) is 2.25. The fourth-order valence-electron chi connectivity index (χ4n) is 1.14. The molecule has 0 saturated carbocycles. The molecule has 0 saturated heterocycles. The van der Waals surface area contributed by atoms with Gasteiger partial charge in [0.05, 0.1) is 7.11 Å². The Morgan fingerprint density at radius 3 is 2.00 bits per heavy atom. The second-order valence-electron chi connectivity index (χ2n) is 3.16. The lowest BCUT2D eigenvalue weighted by molar-refractivity contribution is 0.381. The van der Waals surface area contributed by atoms with Crippen LogP contribution in [-0.2, 0) is 0 Å². The van der Waals surface area contributed by atoms with E-state index >= 15 is 0 Å². The molecule has 15 heavy (non-hydrogen) atoms. The van der Waals surface area contributed by atoms with E-state index in [0.717, 1.165) is 6.07 Å². The number of ether oxygens (including phenoxy) is 1. The Balaban J connectivity index is 0.000000921. The Morgan fingerprint density at radius 2 is 1.60 bits per heavy atom. The third kappa shape index (κ3) is 3.50. The molecule has 0 unspecified atom stereocenters. The van der Waals surface area contributed by atoms with E-state index in [9.17, 15) is 8.78 Å². The van der Waals surface area contributed by atoms with E-state index in [1.807, 2.05) is 27.7 Å². The third-order valence-electron chi connectivity index (χ3n) is 1.89. The van der Waals surface area contributed by atoms with Gasteiger partial charge in [0, 0.05) is 6.07 Å². The lowest BCUT2D eigenvalue weighted by Gasteiger charge is -2.09. The molecule has 0 radical (unpaired) electrons. The largest absolute Gasteiger partial charge is 0.494 e. The van der Waals surface area contributed by atoms with Crippen LogP contribution in [0.2, 0.25) is 0 Å². The molecule has 86 valence electrons. The monoisotopic (exact) mass is 216 g/mol. The Kier molecular flexibility index (Phi) is 5.90. The molecule has 0 N–H and O–H groups in total. The second kappa shape index (κ2) is 6.38. The van der Waals surface area contributed by atoms with Gasteiger partial charge in [0.15, 0.2) is 11.6 Å². The minimum absolute atomic E-state index is 0.0274. The molecule has 0 spiro atoms. The van der Waals surface area contributed by atoms with E-state index < -0.39 is 11.6 Å². The zero-order valence-corrected chi connectivity index (χ0v) is 9.90. The van der Waals surface area contributed by atoms with Crippen LogP contribution in [-0.4, -0.2) is 7.11 Å². The molecule has 1 aromatic carbocycles. The van der Waals surface area contributed by atoms with Gasteiger partial charge in [-0.3, -0.25) is 0 Å². The summed E-state index contributed by atoms with van der Waals surface area (Å²) in [5.41, 5.74) is 0.373. The summed E-state index contributed by atoms with van der Waals surface area (Å²) in [5, 5.41) is 0. The summed E-state index contributed by atoms with van der Waals surface area (Å²) >= 11 is 0. The predicted octanol–water partition coefficient (Wildman–Crippen LogP) is 4.12. The number of hydrogen-bond donors (Lipinski definition) is 0. The van der Waals surface area contributed by atoms with Gasteiger partial charge in [0.1, 0.15) is 5.82 Å². The first kappa shape index (κ1) is 13.9. The predicted molar refractivity (Wildman–Crippen MR) is 58.3 cm³/mol. The first-order valence-electron chi connectivity index (χ1n) is 5.09. The highest BCUT2D eigenvalue weighted by Crippen LogP contribution is 2.25. The lowest BCUT2D eigenvalue weighted by atomic mass is 10.0. The van der Waals surface area contributed by atoms with E-state index in [4.69, 9.17) is 0 Å². The Labute approximate surface area is 90.1 Å². The highest BCUT2D eigenvalue weighted by Gasteiger charge is 2.12. The smallest absolute Gasteiger partial charge is 0.165 e. The van der Waals surface area contributed by atoms with Crippen molar-refractivity contribution in [3.05, 3.63) is 29.3 Å². The molecule has 0 aliphatic rings. The summed E-state index contributed by atoms with van der Waals surface area (Å²) < 4.78 is 31.0. The van der Waals surface area contributed by atoms with E-state index in [0.29, 0.717) is 5.56 Å². The Bertz CT molecular complexity index is 309. The molecule has 0 bridgehead atoms. The minimum atomic E-state index is -0.521. The van der Waals surface area contributed by atoms with Crippen molar-refractivity contribution < 1.29 is 13.5 Å². The molecule has 3 heteroatoms. The van der Waals surface area contributed by atoms with E-state index in [1.165, 1.54) is 13.2 Å². The van der Waals surface area contributed by atoms with Crippen LogP contribution in [0.4, 0.5) is 8.78 Å². The van der Waals surface area contributed by atoms with Crippen LogP contribution in [0, 0.1) is 11.6 Å². The zero-order valence-electron chi connectivity index (χ0n) is 9.90. The normalized spacial score (nSPS) is 9.60. The van der Waals surface area contributed by atoms with Crippen LogP contribution in [0.25, 0.3) is 0 Å². The van der Waals surface area contributed by atoms with Gasteiger partial charge in [-0.15, -0.1) is 0 Å². The Hall–Kier alpha value is -1.12. The van der Waals surface area contributed by atoms with Gasteiger partial charge >= 0.3 is 0 Å². The summed E-state index contributed by atoms with van der Waals surface area (Å²) in [7, 11) is 1.31. The van der Waals surface area contributed by atoms with Crippen molar-refractivity contribution >= 4 is 0 Å². The molecule has 0 aromatic heterocycles. The molecule has 0 fully saturated rings. The molecule has 0 heterocycles. The van der Waals surface area contributed by atoms with Crippen LogP contribution in [0.3, 0.4) is 0 Å². The van der Waals surface area contributed by atoms with Gasteiger partial charge in [-0.25, -0.2) is 8.78 Å². The van der Waals surface area contributed by atoms with Crippen molar-refractivity contribution in [1.29, 1.82) is 0 Å². The van der Waals surface area contributed by atoms with Crippen molar-refractivity contribution in [3.63, 3.8) is 0 Å². The van der Waals surface area contributed by atoms with Crippen molar-refractivity contribution in [2.45, 2.75) is 33.6 Å². The zero-order chi connectivity index (χ0) is 12.0. The van der Waals surface area contributed by atoms with Crippen molar-refractivity contribution in [2.24, 2.45) is 0 Å². The molecular weight excluding hydrogens is 198 g/mol. The van der Waals surface area contributed by atoms with Gasteiger partial charge in [0.25, 0.3) is 0 Å². The number of halogens is 2. The summed E-state index contributed by atoms with van der Waals surface area (Å²) in [5.74, 6) is -1.02. The molecule has 0 aliphatic carbocycles. The first-order chi connectivity index (χ1) is 7.06. The van der Waals surface area contributed by atoms with Crippen molar-refractivity contribution in [1.82, 2.24) is 0 Å². The fraction of sp³-hybridized carbons (Fsp3) is 0.500. The summed E-state index contributed by atoms with van der Waals surface area (Å²) in [6.07, 6.45) is 0. The second-order valence-corrected chi connectivity index (χ2v) is 3.16. The number of benzene rings is 1. The van der Waals surface area contributed by atoms with Crippen LogP contribution in [0.15, 0.2) is 12.1 Å². The van der Waals surface area contributed by atoms with Gasteiger partial charge in [0.2, 0.25) is 0 Å². The molecule has 0 amide bonds. The fourth-order valence-corrected chi connectivity index (χ4v) is 1.14. The first-order valence-corrected chi connectivity index (χ1v) is 5.09. The van der Waals surface area contributed by atoms with Gasteiger partial charge in [-0.2, -0.15) is 0 Å². The van der Waals surface area contributed by atoms with Crippen molar-refractivity contribution in [3.8, 4) is 5.75 Å². The van der Waals surface area contributed by atoms with Crippen LogP contribution >= 0.6 is 0 Å². The van der Waals surface area contributed by atoms with Crippen LogP contribution in [0.5, 0.6) is 5.75 Å². The number of hydrogen-bond acceptors (Lipinski definition) is 1. The van der Waals surface area contributed by atoms with Gasteiger partial charge in [-0.1, -0.05) is 27.7 Å². The summed E-state index contributed by atoms with van der Waals surface area (Å²) in [6.45, 7) is 7.62. The quantitative estimate of drug-likeness (QED) is 0.722. The maximum absolute atomic E-state index is 13.2. The number of methoxy groups -OCH3 is 1. The molecule has 0 atom stereocenters. The maximum atomic E-state index is 13.2. The van der Waals surface area contributed by atoms with Crippen LogP contribution in [0.1, 0.15) is 39.2 Å². The SMILES string of the molecule is CC.COc1cc(F)c(C(C)C)cc1F. The summed E-state index contributed by atoms with van der Waals surface area (Å²) in [4.78, 5) is 0. The average Bonchev–Trinajstić information content (AvgIpc) is 2.23. The van der Waals surface area contributed by atoms with Gasteiger partial charge in [-0.05, 0) is 17.5 Å². The highest BCUT2D eigenvalue weighted by atomic mass is 19.1. The van der Waals surface area contributed by atoms with E-state index in [1.54, 1.807) is 0 Å². The Morgan fingerprint density at radius 1 is 1.07 bits per heavy atom. The molecule has 0 aliphatic heterocycles. The van der Waals surface area contributed by atoms with Gasteiger partial charge < -0.3 is 4.74 Å².